The fourth-order valence-corrected chi connectivity index (χ4v) is 2.86. The summed E-state index contributed by atoms with van der Waals surface area (Å²) < 4.78 is 31.6. The van der Waals surface area contributed by atoms with Gasteiger partial charge in [0.25, 0.3) is 0 Å². The predicted octanol–water partition coefficient (Wildman–Crippen LogP) is 1.99. The zero-order chi connectivity index (χ0) is 13.9. The van der Waals surface area contributed by atoms with Crippen LogP contribution < -0.4 is 0 Å². The van der Waals surface area contributed by atoms with E-state index in [0.29, 0.717) is 26.2 Å². The monoisotopic (exact) mass is 277 g/mol. The molecule has 0 radical (unpaired) electrons. The van der Waals surface area contributed by atoms with Crippen LogP contribution in [-0.2, 0) is 9.53 Å². The van der Waals surface area contributed by atoms with Crippen molar-refractivity contribution in [2.45, 2.75) is 38.0 Å². The van der Waals surface area contributed by atoms with E-state index in [9.17, 15) is 18.7 Å². The first kappa shape index (κ1) is 14.7. The fraction of sp³-hybridized carbons (Fsp3) is 0.923. The van der Waals surface area contributed by atoms with E-state index in [4.69, 9.17) is 4.74 Å². The fourth-order valence-electron chi connectivity index (χ4n) is 2.86. The molecule has 110 valence electrons. The zero-order valence-corrected chi connectivity index (χ0v) is 11.0. The minimum absolute atomic E-state index is 0.0830. The average Bonchev–Trinajstić information content (AvgIpc) is 2.39. The smallest absolute Gasteiger partial charge is 0.309 e. The second-order valence-corrected chi connectivity index (χ2v) is 5.65. The van der Waals surface area contributed by atoms with Crippen LogP contribution in [0.1, 0.15) is 32.1 Å². The highest BCUT2D eigenvalue weighted by molar-refractivity contribution is 5.74. The Morgan fingerprint density at radius 2 is 1.74 bits per heavy atom. The van der Waals surface area contributed by atoms with E-state index >= 15 is 0 Å². The molecule has 0 spiro atoms. The van der Waals surface area contributed by atoms with Gasteiger partial charge in [-0.25, -0.2) is 8.78 Å². The molecule has 0 unspecified atom stereocenters. The Balaban J connectivity index is 1.91. The summed E-state index contributed by atoms with van der Waals surface area (Å²) in [5.74, 6) is -3.60. The summed E-state index contributed by atoms with van der Waals surface area (Å²) in [7, 11) is 0. The summed E-state index contributed by atoms with van der Waals surface area (Å²) in [4.78, 5) is 13.6. The van der Waals surface area contributed by atoms with E-state index in [1.807, 2.05) is 0 Å². The summed E-state index contributed by atoms with van der Waals surface area (Å²) in [5.41, 5.74) is -0.958. The van der Waals surface area contributed by atoms with Crippen molar-refractivity contribution in [3.63, 3.8) is 0 Å². The first-order valence-electron chi connectivity index (χ1n) is 6.85. The Morgan fingerprint density at radius 3 is 2.26 bits per heavy atom. The highest BCUT2D eigenvalue weighted by Gasteiger charge is 2.47. The number of morpholine rings is 1. The number of nitrogens with zero attached hydrogens (tertiary/aromatic N) is 1. The Labute approximate surface area is 111 Å². The van der Waals surface area contributed by atoms with Crippen molar-refractivity contribution in [2.75, 3.05) is 32.8 Å². The number of carboxylic acid groups (broad SMARTS) is 1. The molecule has 1 aliphatic carbocycles. The predicted molar refractivity (Wildman–Crippen MR) is 65.4 cm³/mol. The molecule has 0 bridgehead atoms. The first-order chi connectivity index (χ1) is 8.94. The molecule has 1 heterocycles. The van der Waals surface area contributed by atoms with Crippen molar-refractivity contribution in [1.82, 2.24) is 4.90 Å². The number of carbonyl (C=O) groups is 1. The molecule has 4 nitrogen and oxygen atoms in total. The van der Waals surface area contributed by atoms with Crippen LogP contribution in [0.25, 0.3) is 0 Å². The van der Waals surface area contributed by atoms with Crippen molar-refractivity contribution in [2.24, 2.45) is 5.41 Å². The van der Waals surface area contributed by atoms with Gasteiger partial charge in [0.1, 0.15) is 0 Å². The van der Waals surface area contributed by atoms with Gasteiger partial charge in [-0.1, -0.05) is 0 Å². The number of rotatable bonds is 4. The van der Waals surface area contributed by atoms with E-state index in [1.165, 1.54) is 0 Å². The van der Waals surface area contributed by atoms with Crippen LogP contribution in [0.4, 0.5) is 8.78 Å². The van der Waals surface area contributed by atoms with Gasteiger partial charge >= 0.3 is 5.97 Å². The van der Waals surface area contributed by atoms with E-state index in [0.717, 1.165) is 13.1 Å². The van der Waals surface area contributed by atoms with Gasteiger partial charge in [0.05, 0.1) is 18.6 Å². The molecule has 2 aliphatic rings. The molecule has 1 N–H and O–H groups in total. The quantitative estimate of drug-likeness (QED) is 0.853. The van der Waals surface area contributed by atoms with Crippen LogP contribution in [0, 0.1) is 5.41 Å². The van der Waals surface area contributed by atoms with Crippen LogP contribution in [0.3, 0.4) is 0 Å². The maximum Gasteiger partial charge on any atom is 0.309 e. The second kappa shape index (κ2) is 5.71. The lowest BCUT2D eigenvalue weighted by atomic mass is 9.70. The number of halogens is 2. The maximum absolute atomic E-state index is 13.2. The highest BCUT2D eigenvalue weighted by atomic mass is 19.3. The third-order valence-electron chi connectivity index (χ3n) is 4.40. The lowest BCUT2D eigenvalue weighted by Crippen LogP contribution is -2.43. The summed E-state index contributed by atoms with van der Waals surface area (Å²) in [6.07, 6.45) is 0.0165. The van der Waals surface area contributed by atoms with Crippen LogP contribution in [0.5, 0.6) is 0 Å². The molecular weight excluding hydrogens is 256 g/mol. The number of alkyl halides is 2. The first-order valence-corrected chi connectivity index (χ1v) is 6.85. The molecule has 0 aromatic heterocycles. The minimum Gasteiger partial charge on any atom is -0.481 e. The summed E-state index contributed by atoms with van der Waals surface area (Å²) in [5, 5.41) is 9.40. The Kier molecular flexibility index (Phi) is 4.40. The molecule has 1 saturated heterocycles. The van der Waals surface area contributed by atoms with Gasteiger partial charge < -0.3 is 9.84 Å². The summed E-state index contributed by atoms with van der Waals surface area (Å²) >= 11 is 0. The van der Waals surface area contributed by atoms with Crippen LogP contribution >= 0.6 is 0 Å². The molecule has 6 heteroatoms. The standard InChI is InChI=1S/C13H21F2NO3/c14-13(15)3-1-12(2-4-13,11(17)18)5-6-16-7-9-19-10-8-16/h1-10H2,(H,17,18). The van der Waals surface area contributed by atoms with Crippen molar-refractivity contribution in [3.8, 4) is 0 Å². The Hall–Kier alpha value is -0.750. The molecule has 0 atom stereocenters. The van der Waals surface area contributed by atoms with Gasteiger partial charge in [-0.3, -0.25) is 9.69 Å². The number of hydrogen-bond acceptors (Lipinski definition) is 3. The lowest BCUT2D eigenvalue weighted by Gasteiger charge is -2.38. The van der Waals surface area contributed by atoms with Gasteiger partial charge in [-0.2, -0.15) is 0 Å². The SMILES string of the molecule is O=C(O)C1(CCN2CCOCC2)CCC(F)(F)CC1. The van der Waals surface area contributed by atoms with Gasteiger partial charge in [-0.15, -0.1) is 0 Å². The number of hydrogen-bond donors (Lipinski definition) is 1. The third kappa shape index (κ3) is 3.63. The van der Waals surface area contributed by atoms with E-state index < -0.39 is 17.3 Å². The molecule has 19 heavy (non-hydrogen) atoms. The Bertz CT molecular complexity index is 320. The molecule has 0 amide bonds. The largest absolute Gasteiger partial charge is 0.481 e. The third-order valence-corrected chi connectivity index (χ3v) is 4.40. The lowest BCUT2D eigenvalue weighted by molar-refractivity contribution is -0.158. The molecule has 1 aliphatic heterocycles. The zero-order valence-electron chi connectivity index (χ0n) is 11.0. The van der Waals surface area contributed by atoms with E-state index in [1.54, 1.807) is 0 Å². The molecule has 2 rings (SSSR count). The average molecular weight is 277 g/mol. The molecule has 0 aromatic carbocycles. The molecule has 2 fully saturated rings. The van der Waals surface area contributed by atoms with E-state index in [2.05, 4.69) is 4.90 Å². The second-order valence-electron chi connectivity index (χ2n) is 5.65. The molecular formula is C13H21F2NO3. The van der Waals surface area contributed by atoms with Crippen LogP contribution in [0.2, 0.25) is 0 Å². The van der Waals surface area contributed by atoms with Gasteiger partial charge in [0, 0.05) is 25.9 Å². The number of ether oxygens (including phenoxy) is 1. The van der Waals surface area contributed by atoms with Crippen molar-refractivity contribution >= 4 is 5.97 Å². The topological polar surface area (TPSA) is 49.8 Å². The molecule has 0 aromatic rings. The summed E-state index contributed by atoms with van der Waals surface area (Å²) in [6, 6.07) is 0. The van der Waals surface area contributed by atoms with Crippen molar-refractivity contribution in [1.29, 1.82) is 0 Å². The van der Waals surface area contributed by atoms with E-state index in [-0.39, 0.29) is 25.7 Å². The van der Waals surface area contributed by atoms with Crippen LogP contribution in [-0.4, -0.2) is 54.7 Å². The highest BCUT2D eigenvalue weighted by Crippen LogP contribution is 2.45. The number of aliphatic carboxylic acids is 1. The summed E-state index contributed by atoms with van der Waals surface area (Å²) in [6.45, 7) is 3.58. The van der Waals surface area contributed by atoms with Crippen LogP contribution in [0.15, 0.2) is 0 Å². The number of carboxylic acids is 1. The van der Waals surface area contributed by atoms with Crippen molar-refractivity contribution in [3.05, 3.63) is 0 Å². The van der Waals surface area contributed by atoms with Gasteiger partial charge in [0.2, 0.25) is 5.92 Å². The Morgan fingerprint density at radius 1 is 1.16 bits per heavy atom. The van der Waals surface area contributed by atoms with Gasteiger partial charge in [-0.05, 0) is 25.8 Å². The molecule has 1 saturated carbocycles. The van der Waals surface area contributed by atoms with Gasteiger partial charge in [0.15, 0.2) is 0 Å². The maximum atomic E-state index is 13.2. The normalized spacial score (nSPS) is 27.1. The minimum atomic E-state index is -2.68. The van der Waals surface area contributed by atoms with Crippen molar-refractivity contribution < 1.29 is 23.4 Å².